The summed E-state index contributed by atoms with van der Waals surface area (Å²) in [5.41, 5.74) is 20.1. The summed E-state index contributed by atoms with van der Waals surface area (Å²) in [5.74, 6) is 0. The fraction of sp³-hybridized carbons (Fsp3) is 0.100. The van der Waals surface area contributed by atoms with Gasteiger partial charge >= 0.3 is 0 Å². The normalized spacial score (nSPS) is 14.5. The van der Waals surface area contributed by atoms with E-state index in [2.05, 4.69) is 184 Å². The molecule has 9 aromatic carbocycles. The zero-order valence-corrected chi connectivity index (χ0v) is 35.9. The smallest absolute Gasteiger partial charge is 0.160 e. The Morgan fingerprint density at radius 2 is 0.812 bits per heavy atom. The second-order valence-corrected chi connectivity index (χ2v) is 18.8. The van der Waals surface area contributed by atoms with Crippen LogP contribution >= 0.6 is 0 Å². The molecule has 0 radical (unpaired) electrons. The van der Waals surface area contributed by atoms with Gasteiger partial charge in [-0.15, -0.1) is 0 Å². The van der Waals surface area contributed by atoms with E-state index in [9.17, 15) is 0 Å². The van der Waals surface area contributed by atoms with Gasteiger partial charge in [0.2, 0.25) is 0 Å². The molecule has 0 spiro atoms. The van der Waals surface area contributed by atoms with Gasteiger partial charge in [-0.05, 0) is 99.1 Å². The van der Waals surface area contributed by atoms with E-state index < -0.39 is 0 Å². The van der Waals surface area contributed by atoms with Crippen molar-refractivity contribution in [2.24, 2.45) is 0 Å². The molecule has 0 N–H and O–H groups in total. The summed E-state index contributed by atoms with van der Waals surface area (Å²) in [5, 5.41) is 6.37. The van der Waals surface area contributed by atoms with Crippen LogP contribution in [-0.4, -0.2) is 0 Å². The van der Waals surface area contributed by atoms with Crippen molar-refractivity contribution in [2.75, 3.05) is 4.90 Å². The van der Waals surface area contributed by atoms with Gasteiger partial charge in [0.05, 0.1) is 5.69 Å². The molecule has 12 aromatic rings. The van der Waals surface area contributed by atoms with Crippen LogP contribution in [0.5, 0.6) is 0 Å². The molecule has 0 bridgehead atoms. The summed E-state index contributed by atoms with van der Waals surface area (Å²) in [6.45, 7) is 9.42. The number of fused-ring (bicyclic) bond motifs is 16. The summed E-state index contributed by atoms with van der Waals surface area (Å²) in [6, 6.07) is 63.7. The molecule has 0 atom stereocenters. The van der Waals surface area contributed by atoms with Crippen molar-refractivity contribution in [1.29, 1.82) is 0 Å². The van der Waals surface area contributed by atoms with E-state index in [0.717, 1.165) is 94.0 Å². The maximum Gasteiger partial charge on any atom is 0.160 e. The highest BCUT2D eigenvalue weighted by Crippen LogP contribution is 2.56. The van der Waals surface area contributed by atoms with Crippen LogP contribution in [0.15, 0.2) is 189 Å². The molecule has 64 heavy (non-hydrogen) atoms. The lowest BCUT2D eigenvalue weighted by molar-refractivity contribution is 0.659. The maximum atomic E-state index is 7.32. The summed E-state index contributed by atoms with van der Waals surface area (Å²) < 4.78 is 20.6. The first-order valence-electron chi connectivity index (χ1n) is 22.2. The van der Waals surface area contributed by atoms with E-state index in [4.69, 9.17) is 13.3 Å². The van der Waals surface area contributed by atoms with Crippen LogP contribution in [0.3, 0.4) is 0 Å². The van der Waals surface area contributed by atoms with Gasteiger partial charge in [-0.25, -0.2) is 0 Å². The van der Waals surface area contributed by atoms with E-state index >= 15 is 0 Å². The van der Waals surface area contributed by atoms with Crippen LogP contribution in [-0.2, 0) is 10.8 Å². The zero-order valence-electron chi connectivity index (χ0n) is 35.9. The minimum absolute atomic E-state index is 0.211. The monoisotopic (exact) mass is 823 g/mol. The Kier molecular flexibility index (Phi) is 6.94. The standard InChI is InChI=1S/C60H41NO3/c1-59(2)46-20-9-5-14-36(46)38-26-24-34(32-48(38)59)61(35-25-27-39-37-15-6-10-21-47(37)60(3,4)49(39)33-35)56-41(43-19-13-18-42-40-16-7-11-22-50(40)63-57(42)43)28-29-45-55-53(64-58(45)56)31-30-52-54(55)44-17-8-12-23-51(44)62-52/h5-33H,1-4H3. The average molecular weight is 824 g/mol. The predicted molar refractivity (Wildman–Crippen MR) is 264 cm³/mol. The largest absolute Gasteiger partial charge is 0.456 e. The molecule has 4 nitrogen and oxygen atoms in total. The molecule has 0 amide bonds. The van der Waals surface area contributed by atoms with Gasteiger partial charge in [0.15, 0.2) is 5.58 Å². The van der Waals surface area contributed by atoms with Gasteiger partial charge < -0.3 is 18.2 Å². The average Bonchev–Trinajstić information content (AvgIpc) is 4.11. The molecule has 2 aliphatic rings. The molecular weight excluding hydrogens is 783 g/mol. The highest BCUT2D eigenvalue weighted by Gasteiger charge is 2.39. The second-order valence-electron chi connectivity index (χ2n) is 18.8. The summed E-state index contributed by atoms with van der Waals surface area (Å²) in [7, 11) is 0. The molecule has 0 unspecified atom stereocenters. The van der Waals surface area contributed by atoms with Crippen molar-refractivity contribution >= 4 is 82.9 Å². The van der Waals surface area contributed by atoms with Gasteiger partial charge in [-0.1, -0.05) is 149 Å². The molecule has 0 saturated carbocycles. The maximum absolute atomic E-state index is 7.32. The third-order valence-corrected chi connectivity index (χ3v) is 14.7. The molecule has 0 aliphatic heterocycles. The van der Waals surface area contributed by atoms with Gasteiger partial charge in [0.25, 0.3) is 0 Å². The van der Waals surface area contributed by atoms with Crippen molar-refractivity contribution in [1.82, 2.24) is 0 Å². The lowest BCUT2D eigenvalue weighted by atomic mass is 9.82. The Morgan fingerprint density at radius 1 is 0.328 bits per heavy atom. The summed E-state index contributed by atoms with van der Waals surface area (Å²) in [6.07, 6.45) is 0. The fourth-order valence-corrected chi connectivity index (χ4v) is 11.6. The molecule has 14 rings (SSSR count). The van der Waals surface area contributed by atoms with Crippen LogP contribution in [0.1, 0.15) is 49.9 Å². The van der Waals surface area contributed by atoms with Crippen LogP contribution in [0.2, 0.25) is 0 Å². The van der Waals surface area contributed by atoms with Crippen molar-refractivity contribution in [3.8, 4) is 33.4 Å². The quantitative estimate of drug-likeness (QED) is 0.177. The number of nitrogens with zero attached hydrogens (tertiary/aromatic N) is 1. The molecule has 304 valence electrons. The van der Waals surface area contributed by atoms with Crippen LogP contribution < -0.4 is 4.90 Å². The van der Waals surface area contributed by atoms with E-state index in [1.165, 1.54) is 44.5 Å². The number of furan rings is 3. The Balaban J connectivity index is 1.13. The third kappa shape index (κ3) is 4.62. The third-order valence-electron chi connectivity index (χ3n) is 14.7. The van der Waals surface area contributed by atoms with E-state index in [-0.39, 0.29) is 10.8 Å². The van der Waals surface area contributed by atoms with Gasteiger partial charge in [0.1, 0.15) is 27.9 Å². The van der Waals surface area contributed by atoms with Crippen molar-refractivity contribution in [3.63, 3.8) is 0 Å². The van der Waals surface area contributed by atoms with E-state index in [1.54, 1.807) is 0 Å². The molecule has 4 heteroatoms. The minimum Gasteiger partial charge on any atom is -0.456 e. The number of hydrogen-bond acceptors (Lipinski definition) is 4. The first-order chi connectivity index (χ1) is 31.3. The highest BCUT2D eigenvalue weighted by atomic mass is 16.3. The first kappa shape index (κ1) is 35.7. The molecular formula is C60H41NO3. The summed E-state index contributed by atoms with van der Waals surface area (Å²) >= 11 is 0. The Morgan fingerprint density at radius 3 is 1.48 bits per heavy atom. The van der Waals surface area contributed by atoms with Crippen LogP contribution in [0.4, 0.5) is 17.1 Å². The molecule has 2 aliphatic carbocycles. The van der Waals surface area contributed by atoms with Gasteiger partial charge in [-0.2, -0.15) is 0 Å². The number of anilines is 3. The number of benzene rings is 9. The molecule has 0 fully saturated rings. The second kappa shape index (κ2) is 12.4. The first-order valence-corrected chi connectivity index (χ1v) is 22.2. The number of para-hydroxylation sites is 3. The number of hydrogen-bond donors (Lipinski definition) is 0. The fourth-order valence-electron chi connectivity index (χ4n) is 11.6. The van der Waals surface area contributed by atoms with Crippen molar-refractivity contribution in [3.05, 3.63) is 198 Å². The van der Waals surface area contributed by atoms with Gasteiger partial charge in [0, 0.05) is 65.6 Å². The minimum atomic E-state index is -0.211. The Hall–Kier alpha value is -7.82. The van der Waals surface area contributed by atoms with Crippen molar-refractivity contribution < 1.29 is 13.3 Å². The lowest BCUT2D eigenvalue weighted by Gasteiger charge is -2.31. The van der Waals surface area contributed by atoms with Crippen LogP contribution in [0.25, 0.3) is 99.2 Å². The zero-order chi connectivity index (χ0) is 42.6. The predicted octanol–water partition coefficient (Wildman–Crippen LogP) is 17.1. The SMILES string of the molecule is CC1(C)c2ccccc2-c2ccc(N(c3ccc4c(c3)C(C)(C)c3ccccc3-4)c3c(-c4cccc5c4oc4ccccc45)ccc4c3oc3ccc5oc6ccccc6c5c34)cc21. The topological polar surface area (TPSA) is 42.7 Å². The van der Waals surface area contributed by atoms with Crippen LogP contribution in [0, 0.1) is 0 Å². The van der Waals surface area contributed by atoms with E-state index in [0.29, 0.717) is 0 Å². The van der Waals surface area contributed by atoms with E-state index in [1.807, 2.05) is 24.3 Å². The molecule has 3 aromatic heterocycles. The Bertz CT molecular complexity index is 3880. The van der Waals surface area contributed by atoms with Gasteiger partial charge in [-0.3, -0.25) is 0 Å². The highest BCUT2D eigenvalue weighted by molar-refractivity contribution is 6.28. The lowest BCUT2D eigenvalue weighted by Crippen LogP contribution is -2.18. The Labute approximate surface area is 369 Å². The molecule has 0 saturated heterocycles. The van der Waals surface area contributed by atoms with Crippen molar-refractivity contribution in [2.45, 2.75) is 38.5 Å². The summed E-state index contributed by atoms with van der Waals surface area (Å²) in [4.78, 5) is 2.46. The molecule has 3 heterocycles. The number of rotatable bonds is 4.